The number of carbonyl (C=O) groups excluding carboxylic acids is 1. The fourth-order valence-corrected chi connectivity index (χ4v) is 4.43. The standard InChI is InChI=1S/C20H26N4O/c1-15(2)24-13-10-21-18(24)14-23-11-8-20(9-12-23)16-6-4-5-7-17(16)22(3)19(20)25/h4-7,10,13,15H,8-9,11-12,14H2,1-3H3. The summed E-state index contributed by atoms with van der Waals surface area (Å²) < 4.78 is 2.23. The fraction of sp³-hybridized carbons (Fsp3) is 0.500. The number of likely N-dealkylation sites (N-methyl/N-ethyl adjacent to an activating group) is 1. The van der Waals surface area contributed by atoms with Crippen LogP contribution in [0.4, 0.5) is 5.69 Å². The molecule has 2 aliphatic rings. The van der Waals surface area contributed by atoms with Gasteiger partial charge in [0.1, 0.15) is 5.82 Å². The highest BCUT2D eigenvalue weighted by atomic mass is 16.2. The second-order valence-corrected chi connectivity index (χ2v) is 7.58. The van der Waals surface area contributed by atoms with E-state index in [1.165, 1.54) is 5.56 Å². The second kappa shape index (κ2) is 5.99. The van der Waals surface area contributed by atoms with Crippen molar-refractivity contribution in [2.24, 2.45) is 0 Å². The van der Waals surface area contributed by atoms with Crippen molar-refractivity contribution in [3.8, 4) is 0 Å². The number of fused-ring (bicyclic) bond motifs is 2. The average Bonchev–Trinajstić information content (AvgIpc) is 3.16. The minimum absolute atomic E-state index is 0.261. The molecule has 4 rings (SSSR count). The number of amides is 1. The van der Waals surface area contributed by atoms with E-state index in [4.69, 9.17) is 0 Å². The number of nitrogens with zero attached hydrogens (tertiary/aromatic N) is 4. The largest absolute Gasteiger partial charge is 0.331 e. The SMILES string of the molecule is CC(C)n1ccnc1CN1CCC2(CC1)C(=O)N(C)c1ccccc12. The van der Waals surface area contributed by atoms with Crippen LogP contribution in [-0.2, 0) is 16.8 Å². The lowest BCUT2D eigenvalue weighted by molar-refractivity contribution is -0.124. The molecular weight excluding hydrogens is 312 g/mol. The molecule has 2 aromatic rings. The van der Waals surface area contributed by atoms with Crippen molar-refractivity contribution in [1.82, 2.24) is 14.5 Å². The Labute approximate surface area is 149 Å². The summed E-state index contributed by atoms with van der Waals surface area (Å²) >= 11 is 0. The number of rotatable bonds is 3. The third-order valence-corrected chi connectivity index (χ3v) is 5.87. The summed E-state index contributed by atoms with van der Waals surface area (Å²) in [5, 5.41) is 0. The van der Waals surface area contributed by atoms with Gasteiger partial charge >= 0.3 is 0 Å². The molecule has 0 aliphatic carbocycles. The highest BCUT2D eigenvalue weighted by molar-refractivity contribution is 6.07. The number of benzene rings is 1. The quantitative estimate of drug-likeness (QED) is 0.864. The van der Waals surface area contributed by atoms with Crippen LogP contribution in [0, 0.1) is 0 Å². The number of hydrogen-bond donors (Lipinski definition) is 0. The third-order valence-electron chi connectivity index (χ3n) is 5.87. The van der Waals surface area contributed by atoms with Crippen LogP contribution in [0.25, 0.3) is 0 Å². The Morgan fingerprint density at radius 2 is 1.92 bits per heavy atom. The maximum absolute atomic E-state index is 13.0. The molecule has 1 aromatic heterocycles. The van der Waals surface area contributed by atoms with Crippen LogP contribution in [-0.4, -0.2) is 40.5 Å². The third kappa shape index (κ3) is 2.49. The van der Waals surface area contributed by atoms with Crippen LogP contribution < -0.4 is 4.90 Å². The van der Waals surface area contributed by atoms with E-state index in [2.05, 4.69) is 52.7 Å². The molecule has 132 valence electrons. The molecule has 0 unspecified atom stereocenters. The summed E-state index contributed by atoms with van der Waals surface area (Å²) in [6.07, 6.45) is 5.70. The second-order valence-electron chi connectivity index (χ2n) is 7.58. The molecule has 1 amide bonds. The van der Waals surface area contributed by atoms with Crippen LogP contribution in [0.5, 0.6) is 0 Å². The summed E-state index contributed by atoms with van der Waals surface area (Å²) in [5.74, 6) is 1.37. The molecule has 0 N–H and O–H groups in total. The zero-order valence-corrected chi connectivity index (χ0v) is 15.3. The lowest BCUT2D eigenvalue weighted by Gasteiger charge is -2.38. The number of para-hydroxylation sites is 1. The zero-order valence-electron chi connectivity index (χ0n) is 15.3. The molecule has 0 bridgehead atoms. The van der Waals surface area contributed by atoms with E-state index in [0.29, 0.717) is 6.04 Å². The van der Waals surface area contributed by atoms with Crippen molar-refractivity contribution in [2.45, 2.75) is 44.7 Å². The Morgan fingerprint density at radius 1 is 1.20 bits per heavy atom. The first-order valence-corrected chi connectivity index (χ1v) is 9.15. The van der Waals surface area contributed by atoms with Crippen LogP contribution >= 0.6 is 0 Å². The van der Waals surface area contributed by atoms with Gasteiger partial charge in [-0.2, -0.15) is 0 Å². The number of hydrogen-bond acceptors (Lipinski definition) is 3. The van der Waals surface area contributed by atoms with Crippen molar-refractivity contribution in [3.05, 3.63) is 48.0 Å². The summed E-state index contributed by atoms with van der Waals surface area (Å²) in [5.41, 5.74) is 1.97. The van der Waals surface area contributed by atoms with E-state index in [-0.39, 0.29) is 11.3 Å². The van der Waals surface area contributed by atoms with E-state index in [9.17, 15) is 4.79 Å². The molecule has 25 heavy (non-hydrogen) atoms. The number of likely N-dealkylation sites (tertiary alicyclic amines) is 1. The van der Waals surface area contributed by atoms with Gasteiger partial charge in [0.2, 0.25) is 5.91 Å². The van der Waals surface area contributed by atoms with E-state index in [1.807, 2.05) is 24.2 Å². The Bertz CT molecular complexity index is 786. The van der Waals surface area contributed by atoms with Gasteiger partial charge in [-0.25, -0.2) is 4.98 Å². The maximum atomic E-state index is 13.0. The van der Waals surface area contributed by atoms with Crippen LogP contribution in [0.15, 0.2) is 36.7 Å². The Kier molecular flexibility index (Phi) is 3.91. The lowest BCUT2D eigenvalue weighted by atomic mass is 9.73. The normalized spacial score (nSPS) is 19.8. The molecule has 5 heteroatoms. The van der Waals surface area contributed by atoms with Crippen LogP contribution in [0.2, 0.25) is 0 Å². The first-order valence-electron chi connectivity index (χ1n) is 9.15. The van der Waals surface area contributed by atoms with Gasteiger partial charge in [0.25, 0.3) is 0 Å². The number of piperidine rings is 1. The monoisotopic (exact) mass is 338 g/mol. The molecule has 1 spiro atoms. The minimum Gasteiger partial charge on any atom is -0.331 e. The summed E-state index contributed by atoms with van der Waals surface area (Å²) in [6, 6.07) is 8.69. The Balaban J connectivity index is 1.52. The first kappa shape index (κ1) is 16.3. The van der Waals surface area contributed by atoms with E-state index in [1.54, 1.807) is 0 Å². The predicted octanol–water partition coefficient (Wildman–Crippen LogP) is 2.97. The van der Waals surface area contributed by atoms with Crippen molar-refractivity contribution in [3.63, 3.8) is 0 Å². The molecular formula is C20H26N4O. The number of imidazole rings is 1. The number of carbonyl (C=O) groups is 1. The summed E-state index contributed by atoms with van der Waals surface area (Å²) in [7, 11) is 1.90. The van der Waals surface area contributed by atoms with Crippen LogP contribution in [0.1, 0.15) is 44.1 Å². The first-order chi connectivity index (χ1) is 12.0. The zero-order chi connectivity index (χ0) is 17.6. The van der Waals surface area contributed by atoms with Crippen molar-refractivity contribution >= 4 is 11.6 Å². The van der Waals surface area contributed by atoms with Gasteiger partial charge in [-0.1, -0.05) is 18.2 Å². The molecule has 0 atom stereocenters. The van der Waals surface area contributed by atoms with E-state index in [0.717, 1.165) is 44.0 Å². The summed E-state index contributed by atoms with van der Waals surface area (Å²) in [6.45, 7) is 7.07. The average molecular weight is 338 g/mol. The van der Waals surface area contributed by atoms with Gasteiger partial charge in [-0.05, 0) is 51.4 Å². The predicted molar refractivity (Wildman–Crippen MR) is 98.7 cm³/mol. The van der Waals surface area contributed by atoms with Gasteiger partial charge in [-0.3, -0.25) is 9.69 Å². The van der Waals surface area contributed by atoms with Gasteiger partial charge in [0.05, 0.1) is 12.0 Å². The van der Waals surface area contributed by atoms with Crippen molar-refractivity contribution < 1.29 is 4.79 Å². The number of aromatic nitrogens is 2. The van der Waals surface area contributed by atoms with Gasteiger partial charge in [0.15, 0.2) is 0 Å². The Morgan fingerprint density at radius 3 is 2.64 bits per heavy atom. The highest BCUT2D eigenvalue weighted by Crippen LogP contribution is 2.47. The molecule has 1 saturated heterocycles. The van der Waals surface area contributed by atoms with Gasteiger partial charge in [0, 0.05) is 31.2 Å². The highest BCUT2D eigenvalue weighted by Gasteiger charge is 2.50. The number of anilines is 1. The molecule has 1 fully saturated rings. The topological polar surface area (TPSA) is 41.4 Å². The van der Waals surface area contributed by atoms with E-state index >= 15 is 0 Å². The maximum Gasteiger partial charge on any atom is 0.237 e. The smallest absolute Gasteiger partial charge is 0.237 e. The summed E-state index contributed by atoms with van der Waals surface area (Å²) in [4.78, 5) is 21.8. The van der Waals surface area contributed by atoms with Crippen LogP contribution in [0.3, 0.4) is 0 Å². The van der Waals surface area contributed by atoms with E-state index < -0.39 is 0 Å². The molecule has 5 nitrogen and oxygen atoms in total. The van der Waals surface area contributed by atoms with Crippen molar-refractivity contribution in [1.29, 1.82) is 0 Å². The molecule has 1 aromatic carbocycles. The van der Waals surface area contributed by atoms with Crippen molar-refractivity contribution in [2.75, 3.05) is 25.0 Å². The molecule has 2 aliphatic heterocycles. The van der Waals surface area contributed by atoms with Gasteiger partial charge < -0.3 is 9.47 Å². The Hall–Kier alpha value is -2.14. The fourth-order valence-electron chi connectivity index (χ4n) is 4.43. The molecule has 3 heterocycles. The molecule has 0 saturated carbocycles. The van der Waals surface area contributed by atoms with Gasteiger partial charge in [-0.15, -0.1) is 0 Å². The minimum atomic E-state index is -0.324. The molecule has 0 radical (unpaired) electrons. The lowest BCUT2D eigenvalue weighted by Crippen LogP contribution is -2.48.